The molecule has 1 fully saturated rings. The van der Waals surface area contributed by atoms with Crippen LogP contribution in [0.5, 0.6) is 0 Å². The van der Waals surface area contributed by atoms with Crippen LogP contribution in [0.1, 0.15) is 12.8 Å². The number of aromatic nitrogens is 3. The Kier molecular flexibility index (Phi) is 3.12. The van der Waals surface area contributed by atoms with Gasteiger partial charge in [0.15, 0.2) is 0 Å². The van der Waals surface area contributed by atoms with E-state index >= 15 is 0 Å². The van der Waals surface area contributed by atoms with Crippen molar-refractivity contribution in [3.8, 4) is 0 Å². The van der Waals surface area contributed by atoms with Crippen LogP contribution in [0.2, 0.25) is 0 Å². The van der Waals surface area contributed by atoms with E-state index in [-0.39, 0.29) is 12.6 Å². The predicted octanol–water partition coefficient (Wildman–Crippen LogP) is 0.483. The van der Waals surface area contributed by atoms with Crippen molar-refractivity contribution < 1.29 is 5.11 Å². The first-order valence-corrected chi connectivity index (χ1v) is 6.25. The number of hydrogen-bond donors (Lipinski definition) is 4. The van der Waals surface area contributed by atoms with Gasteiger partial charge in [-0.05, 0) is 18.9 Å². The van der Waals surface area contributed by atoms with Crippen molar-refractivity contribution >= 4 is 16.9 Å². The van der Waals surface area contributed by atoms with Crippen molar-refractivity contribution in [2.75, 3.05) is 18.5 Å². The molecule has 2 aromatic heterocycles. The fraction of sp³-hybridized carbons (Fsp3) is 0.500. The largest absolute Gasteiger partial charge is 0.395 e. The Morgan fingerprint density at radius 2 is 2.33 bits per heavy atom. The average Bonchev–Trinajstić information content (AvgIpc) is 2.89. The van der Waals surface area contributed by atoms with E-state index in [9.17, 15) is 0 Å². The highest BCUT2D eigenvalue weighted by Gasteiger charge is 2.20. The summed E-state index contributed by atoms with van der Waals surface area (Å²) in [5, 5.41) is 16.8. The number of nitrogens with one attached hydrogen (secondary N) is 3. The smallest absolute Gasteiger partial charge is 0.142 e. The van der Waals surface area contributed by atoms with Gasteiger partial charge in [0, 0.05) is 24.8 Å². The van der Waals surface area contributed by atoms with Gasteiger partial charge < -0.3 is 20.7 Å². The predicted molar refractivity (Wildman–Crippen MR) is 69.4 cm³/mol. The summed E-state index contributed by atoms with van der Waals surface area (Å²) in [6.45, 7) is 1.06. The van der Waals surface area contributed by atoms with E-state index in [4.69, 9.17) is 5.11 Å². The first kappa shape index (κ1) is 11.4. The van der Waals surface area contributed by atoms with Crippen LogP contribution in [0.3, 0.4) is 0 Å². The Morgan fingerprint density at radius 1 is 1.39 bits per heavy atom. The Hall–Kier alpha value is -1.66. The number of aromatic amines is 1. The normalized spacial score (nSPS) is 24.3. The number of piperidine rings is 1. The third kappa shape index (κ3) is 2.16. The zero-order chi connectivity index (χ0) is 12.4. The summed E-state index contributed by atoms with van der Waals surface area (Å²) in [6, 6.07) is 2.56. The maximum Gasteiger partial charge on any atom is 0.142 e. The first-order chi connectivity index (χ1) is 8.86. The van der Waals surface area contributed by atoms with E-state index < -0.39 is 0 Å². The van der Waals surface area contributed by atoms with Crippen LogP contribution in [-0.2, 0) is 0 Å². The van der Waals surface area contributed by atoms with Gasteiger partial charge in [-0.25, -0.2) is 9.97 Å². The molecule has 96 valence electrons. The summed E-state index contributed by atoms with van der Waals surface area (Å²) in [6.07, 6.45) is 5.45. The minimum absolute atomic E-state index is 0.211. The molecule has 0 aliphatic carbocycles. The molecule has 2 aromatic rings. The molecule has 6 heteroatoms. The molecule has 1 saturated heterocycles. The van der Waals surface area contributed by atoms with Crippen LogP contribution < -0.4 is 10.6 Å². The average molecular weight is 247 g/mol. The van der Waals surface area contributed by atoms with Gasteiger partial charge in [-0.3, -0.25) is 0 Å². The highest BCUT2D eigenvalue weighted by Crippen LogP contribution is 2.20. The Balaban J connectivity index is 1.71. The number of H-pyrrole nitrogens is 1. The summed E-state index contributed by atoms with van der Waals surface area (Å²) >= 11 is 0. The van der Waals surface area contributed by atoms with Crippen LogP contribution >= 0.6 is 0 Å². The molecule has 0 aromatic carbocycles. The van der Waals surface area contributed by atoms with Crippen molar-refractivity contribution in [2.24, 2.45) is 0 Å². The summed E-state index contributed by atoms with van der Waals surface area (Å²) in [5.41, 5.74) is 0.851. The van der Waals surface area contributed by atoms with Crippen molar-refractivity contribution in [3.63, 3.8) is 0 Å². The van der Waals surface area contributed by atoms with Crippen LogP contribution in [0.25, 0.3) is 11.0 Å². The lowest BCUT2D eigenvalue weighted by Crippen LogP contribution is -2.46. The second kappa shape index (κ2) is 4.91. The summed E-state index contributed by atoms with van der Waals surface area (Å²) in [7, 11) is 0. The van der Waals surface area contributed by atoms with E-state index in [1.807, 2.05) is 12.3 Å². The van der Waals surface area contributed by atoms with E-state index in [0.717, 1.165) is 36.2 Å². The summed E-state index contributed by atoms with van der Waals surface area (Å²) in [5.74, 6) is 0.871. The van der Waals surface area contributed by atoms with Gasteiger partial charge in [-0.15, -0.1) is 0 Å². The molecule has 3 heterocycles. The number of anilines is 1. The van der Waals surface area contributed by atoms with E-state index in [2.05, 4.69) is 25.6 Å². The minimum atomic E-state index is 0.211. The molecule has 0 radical (unpaired) electrons. The van der Waals surface area contributed by atoms with Crippen molar-refractivity contribution in [3.05, 3.63) is 18.6 Å². The third-order valence-electron chi connectivity index (χ3n) is 3.43. The standard InChI is InChI=1S/C12H17N5O/c18-6-9-2-1-8(5-14-9)17-12-10-3-4-13-11(10)15-7-16-12/h3-4,7-9,14,18H,1-2,5-6H2,(H2,13,15,16,17)/t8-,9-/m1/s1. The van der Waals surface area contributed by atoms with Gasteiger partial charge in [0.2, 0.25) is 0 Å². The number of aliphatic hydroxyl groups excluding tert-OH is 1. The quantitative estimate of drug-likeness (QED) is 0.634. The Labute approximate surface area is 105 Å². The van der Waals surface area contributed by atoms with Crippen molar-refractivity contribution in [1.29, 1.82) is 0 Å². The van der Waals surface area contributed by atoms with Gasteiger partial charge in [0.1, 0.15) is 17.8 Å². The molecule has 1 aliphatic rings. The number of rotatable bonds is 3. The van der Waals surface area contributed by atoms with Gasteiger partial charge in [-0.2, -0.15) is 0 Å². The van der Waals surface area contributed by atoms with Crippen LogP contribution in [0, 0.1) is 0 Å². The third-order valence-corrected chi connectivity index (χ3v) is 3.43. The highest BCUT2D eigenvalue weighted by atomic mass is 16.3. The van der Waals surface area contributed by atoms with Crippen molar-refractivity contribution in [1.82, 2.24) is 20.3 Å². The zero-order valence-corrected chi connectivity index (χ0v) is 10.1. The number of hydrogen-bond acceptors (Lipinski definition) is 5. The van der Waals surface area contributed by atoms with Crippen molar-refractivity contribution in [2.45, 2.75) is 24.9 Å². The van der Waals surface area contributed by atoms with Gasteiger partial charge >= 0.3 is 0 Å². The molecule has 4 N–H and O–H groups in total. The first-order valence-electron chi connectivity index (χ1n) is 6.25. The fourth-order valence-corrected chi connectivity index (χ4v) is 2.38. The van der Waals surface area contributed by atoms with Gasteiger partial charge in [0.25, 0.3) is 0 Å². The van der Waals surface area contributed by atoms with E-state index in [1.165, 1.54) is 0 Å². The molecule has 0 amide bonds. The monoisotopic (exact) mass is 247 g/mol. The topological polar surface area (TPSA) is 85.9 Å². The lowest BCUT2D eigenvalue weighted by Gasteiger charge is -2.29. The van der Waals surface area contributed by atoms with E-state index in [1.54, 1.807) is 6.33 Å². The SMILES string of the molecule is OC[C@H]1CC[C@@H](Nc2ncnc3[nH]ccc23)CN1. The van der Waals surface area contributed by atoms with Crippen LogP contribution in [0.15, 0.2) is 18.6 Å². The second-order valence-corrected chi connectivity index (χ2v) is 4.67. The molecule has 0 bridgehead atoms. The molecule has 6 nitrogen and oxygen atoms in total. The fourth-order valence-electron chi connectivity index (χ4n) is 2.38. The number of fused-ring (bicyclic) bond motifs is 1. The summed E-state index contributed by atoms with van der Waals surface area (Å²) < 4.78 is 0. The minimum Gasteiger partial charge on any atom is -0.395 e. The van der Waals surface area contributed by atoms with Gasteiger partial charge in [-0.1, -0.05) is 0 Å². The molecular weight excluding hydrogens is 230 g/mol. The molecule has 2 atom stereocenters. The Bertz CT molecular complexity index is 518. The molecule has 0 spiro atoms. The van der Waals surface area contributed by atoms with Crippen LogP contribution in [0.4, 0.5) is 5.82 Å². The molecule has 3 rings (SSSR count). The molecule has 18 heavy (non-hydrogen) atoms. The lowest BCUT2D eigenvalue weighted by molar-refractivity contribution is 0.216. The molecule has 0 saturated carbocycles. The molecule has 0 unspecified atom stereocenters. The Morgan fingerprint density at radius 3 is 3.11 bits per heavy atom. The van der Waals surface area contributed by atoms with Crippen LogP contribution in [-0.4, -0.2) is 45.3 Å². The lowest BCUT2D eigenvalue weighted by atomic mass is 10.0. The van der Waals surface area contributed by atoms with E-state index in [0.29, 0.717) is 6.04 Å². The highest BCUT2D eigenvalue weighted by molar-refractivity contribution is 5.86. The van der Waals surface area contributed by atoms with Gasteiger partial charge in [0.05, 0.1) is 12.0 Å². The molecular formula is C12H17N5O. The number of aliphatic hydroxyl groups is 1. The maximum atomic E-state index is 9.07. The summed E-state index contributed by atoms with van der Waals surface area (Å²) in [4.78, 5) is 11.5. The number of nitrogens with zero attached hydrogens (tertiary/aromatic N) is 2. The zero-order valence-electron chi connectivity index (χ0n) is 10.1. The molecule has 1 aliphatic heterocycles. The second-order valence-electron chi connectivity index (χ2n) is 4.67. The maximum absolute atomic E-state index is 9.07.